The van der Waals surface area contributed by atoms with Crippen LogP contribution in [-0.2, 0) is 0 Å². The van der Waals surface area contributed by atoms with Crippen molar-refractivity contribution in [2.24, 2.45) is 5.10 Å². The zero-order valence-electron chi connectivity index (χ0n) is 13.0. The first-order valence-electron chi connectivity index (χ1n) is 7.34. The van der Waals surface area contributed by atoms with Crippen LogP contribution >= 0.6 is 11.6 Å². The summed E-state index contributed by atoms with van der Waals surface area (Å²) < 4.78 is 1.72. The summed E-state index contributed by atoms with van der Waals surface area (Å²) in [4.78, 5) is 12.3. The van der Waals surface area contributed by atoms with Crippen LogP contribution in [0.1, 0.15) is 21.6 Å². The maximum atomic E-state index is 12.3. The van der Waals surface area contributed by atoms with Crippen molar-refractivity contribution in [2.75, 3.05) is 0 Å². The molecule has 3 aromatic rings. The maximum absolute atomic E-state index is 12.3. The average molecular weight is 339 g/mol. The fourth-order valence-electron chi connectivity index (χ4n) is 2.24. The Bertz CT molecular complexity index is 870. The van der Waals surface area contributed by atoms with E-state index in [2.05, 4.69) is 15.6 Å². The van der Waals surface area contributed by atoms with Gasteiger partial charge in [-0.15, -0.1) is 0 Å². The molecule has 0 fully saturated rings. The lowest BCUT2D eigenvalue weighted by Gasteiger charge is -2.04. The average Bonchev–Trinajstić information content (AvgIpc) is 2.99. The molecule has 0 aliphatic carbocycles. The van der Waals surface area contributed by atoms with Gasteiger partial charge in [0.2, 0.25) is 0 Å². The van der Waals surface area contributed by atoms with Crippen LogP contribution in [-0.4, -0.2) is 21.9 Å². The number of para-hydroxylation sites is 1. The highest BCUT2D eigenvalue weighted by Crippen LogP contribution is 2.13. The minimum absolute atomic E-state index is 0.306. The predicted octanol–water partition coefficient (Wildman–Crippen LogP) is 3.60. The minimum Gasteiger partial charge on any atom is -0.267 e. The number of hydrogen-bond donors (Lipinski definition) is 1. The topological polar surface area (TPSA) is 59.3 Å². The van der Waals surface area contributed by atoms with Crippen LogP contribution in [0.4, 0.5) is 0 Å². The van der Waals surface area contributed by atoms with Crippen LogP contribution in [0, 0.1) is 6.92 Å². The Hall–Kier alpha value is -2.92. The third-order valence-corrected chi connectivity index (χ3v) is 3.76. The molecule has 0 atom stereocenters. The van der Waals surface area contributed by atoms with Crippen molar-refractivity contribution in [2.45, 2.75) is 6.92 Å². The molecule has 0 unspecified atom stereocenters. The van der Waals surface area contributed by atoms with E-state index in [1.165, 1.54) is 6.20 Å². The van der Waals surface area contributed by atoms with Gasteiger partial charge in [0.15, 0.2) is 0 Å². The number of carbonyl (C=O) groups excluding carboxylic acids is 1. The monoisotopic (exact) mass is 338 g/mol. The smallest absolute Gasteiger partial charge is 0.267 e. The zero-order valence-corrected chi connectivity index (χ0v) is 13.7. The largest absolute Gasteiger partial charge is 0.274 e. The number of carbonyl (C=O) groups is 1. The first-order chi connectivity index (χ1) is 11.6. The van der Waals surface area contributed by atoms with Gasteiger partial charge in [-0.25, -0.2) is 10.1 Å². The third kappa shape index (κ3) is 3.52. The molecule has 1 heterocycles. The molecule has 5 nitrogen and oxygen atoms in total. The molecule has 24 heavy (non-hydrogen) atoms. The number of nitrogens with one attached hydrogen (secondary N) is 1. The SMILES string of the molecule is Cc1c(C(=O)N/N=C/c2ccc(Cl)cc2)cnn1-c1ccccc1. The Balaban J connectivity index is 1.72. The van der Waals surface area contributed by atoms with Crippen LogP contribution < -0.4 is 5.43 Å². The van der Waals surface area contributed by atoms with Gasteiger partial charge in [-0.2, -0.15) is 10.2 Å². The number of rotatable bonds is 4. The van der Waals surface area contributed by atoms with Gasteiger partial charge >= 0.3 is 0 Å². The van der Waals surface area contributed by atoms with Gasteiger partial charge in [-0.05, 0) is 36.8 Å². The molecule has 0 saturated heterocycles. The standard InChI is InChI=1S/C18H15ClN4O/c1-13-17(12-21-23(13)16-5-3-2-4-6-16)18(24)22-20-11-14-7-9-15(19)10-8-14/h2-12H,1H3,(H,22,24)/b20-11+. The molecule has 120 valence electrons. The number of amides is 1. The number of aromatic nitrogens is 2. The Morgan fingerprint density at radius 3 is 2.58 bits per heavy atom. The van der Waals surface area contributed by atoms with E-state index in [9.17, 15) is 4.79 Å². The number of nitrogens with zero attached hydrogens (tertiary/aromatic N) is 3. The van der Waals surface area contributed by atoms with E-state index in [1.807, 2.05) is 49.4 Å². The van der Waals surface area contributed by atoms with Crippen LogP contribution in [0.3, 0.4) is 0 Å². The normalized spacial score (nSPS) is 10.9. The second-order valence-electron chi connectivity index (χ2n) is 5.14. The van der Waals surface area contributed by atoms with Crippen LogP contribution in [0.25, 0.3) is 5.69 Å². The Morgan fingerprint density at radius 2 is 1.88 bits per heavy atom. The van der Waals surface area contributed by atoms with Crippen molar-refractivity contribution in [1.29, 1.82) is 0 Å². The van der Waals surface area contributed by atoms with Crippen molar-refractivity contribution < 1.29 is 4.79 Å². The summed E-state index contributed by atoms with van der Waals surface area (Å²) >= 11 is 5.82. The van der Waals surface area contributed by atoms with E-state index < -0.39 is 0 Å². The molecule has 2 aromatic carbocycles. The van der Waals surface area contributed by atoms with Crippen molar-refractivity contribution >= 4 is 23.7 Å². The highest BCUT2D eigenvalue weighted by atomic mass is 35.5. The fraction of sp³-hybridized carbons (Fsp3) is 0.0556. The molecule has 0 spiro atoms. The number of hydrazone groups is 1. The zero-order chi connectivity index (χ0) is 16.9. The Kier molecular flexibility index (Phi) is 4.72. The number of benzene rings is 2. The molecule has 0 aliphatic rings. The molecule has 1 N–H and O–H groups in total. The molecule has 0 saturated carbocycles. The van der Waals surface area contributed by atoms with E-state index in [-0.39, 0.29) is 5.91 Å². The summed E-state index contributed by atoms with van der Waals surface area (Å²) in [5, 5.41) is 8.89. The van der Waals surface area contributed by atoms with E-state index in [4.69, 9.17) is 11.6 Å². The quantitative estimate of drug-likeness (QED) is 0.583. The lowest BCUT2D eigenvalue weighted by molar-refractivity contribution is 0.0954. The number of halogens is 1. The molecule has 6 heteroatoms. The summed E-state index contributed by atoms with van der Waals surface area (Å²) in [6, 6.07) is 16.8. The van der Waals surface area contributed by atoms with Crippen molar-refractivity contribution in [1.82, 2.24) is 15.2 Å². The molecule has 3 rings (SSSR count). The van der Waals surface area contributed by atoms with Gasteiger partial charge < -0.3 is 0 Å². The molecule has 0 aliphatic heterocycles. The summed E-state index contributed by atoms with van der Waals surface area (Å²) in [5.74, 6) is -0.306. The fourth-order valence-corrected chi connectivity index (χ4v) is 2.36. The van der Waals surface area contributed by atoms with Gasteiger partial charge in [0.05, 0.1) is 29.4 Å². The van der Waals surface area contributed by atoms with E-state index in [1.54, 1.807) is 23.0 Å². The Labute approximate surface area is 144 Å². The van der Waals surface area contributed by atoms with Crippen LogP contribution in [0.2, 0.25) is 5.02 Å². The third-order valence-electron chi connectivity index (χ3n) is 3.50. The molecule has 1 aromatic heterocycles. The summed E-state index contributed by atoms with van der Waals surface area (Å²) in [6.07, 6.45) is 3.10. The first kappa shape index (κ1) is 16.0. The molecule has 0 radical (unpaired) electrons. The molecule has 0 bridgehead atoms. The predicted molar refractivity (Wildman–Crippen MR) is 94.8 cm³/mol. The highest BCUT2D eigenvalue weighted by molar-refractivity contribution is 6.30. The summed E-state index contributed by atoms with van der Waals surface area (Å²) in [7, 11) is 0. The summed E-state index contributed by atoms with van der Waals surface area (Å²) in [5.41, 5.74) is 5.49. The Morgan fingerprint density at radius 1 is 1.17 bits per heavy atom. The van der Waals surface area contributed by atoms with E-state index >= 15 is 0 Å². The van der Waals surface area contributed by atoms with Gasteiger partial charge in [0.25, 0.3) is 5.91 Å². The summed E-state index contributed by atoms with van der Waals surface area (Å²) in [6.45, 7) is 1.85. The van der Waals surface area contributed by atoms with Gasteiger partial charge in [0, 0.05) is 5.02 Å². The van der Waals surface area contributed by atoms with Gasteiger partial charge in [0.1, 0.15) is 0 Å². The highest BCUT2D eigenvalue weighted by Gasteiger charge is 2.14. The second kappa shape index (κ2) is 7.10. The van der Waals surface area contributed by atoms with Crippen LogP contribution in [0.15, 0.2) is 65.9 Å². The molecule has 1 amide bonds. The lowest BCUT2D eigenvalue weighted by Crippen LogP contribution is -2.18. The molecular weight excluding hydrogens is 324 g/mol. The van der Waals surface area contributed by atoms with Gasteiger partial charge in [-0.3, -0.25) is 4.79 Å². The lowest BCUT2D eigenvalue weighted by atomic mass is 10.2. The van der Waals surface area contributed by atoms with Crippen molar-refractivity contribution in [3.8, 4) is 5.69 Å². The van der Waals surface area contributed by atoms with Crippen molar-refractivity contribution in [3.05, 3.63) is 82.6 Å². The molecular formula is C18H15ClN4O. The van der Waals surface area contributed by atoms with Crippen molar-refractivity contribution in [3.63, 3.8) is 0 Å². The minimum atomic E-state index is -0.306. The first-order valence-corrected chi connectivity index (χ1v) is 7.72. The van der Waals surface area contributed by atoms with E-state index in [0.29, 0.717) is 10.6 Å². The number of hydrogen-bond acceptors (Lipinski definition) is 3. The van der Waals surface area contributed by atoms with Crippen LogP contribution in [0.5, 0.6) is 0 Å². The second-order valence-corrected chi connectivity index (χ2v) is 5.58. The van der Waals surface area contributed by atoms with E-state index in [0.717, 1.165) is 16.9 Å². The van der Waals surface area contributed by atoms with Gasteiger partial charge in [-0.1, -0.05) is 41.9 Å². The maximum Gasteiger partial charge on any atom is 0.274 e.